The van der Waals surface area contributed by atoms with Crippen molar-refractivity contribution >= 4 is 0 Å². The van der Waals surface area contributed by atoms with E-state index in [1.807, 2.05) is 85.2 Å². The fraction of sp³-hybridized carbons (Fsp3) is 0.0556. The van der Waals surface area contributed by atoms with Gasteiger partial charge in [-0.25, -0.2) is 0 Å². The Bertz CT molecular complexity index is 2580. The Labute approximate surface area is 395 Å². The van der Waals surface area contributed by atoms with E-state index in [1.54, 1.807) is 6.20 Å². The smallest absolute Gasteiger partial charge is 0.0160 e. The summed E-state index contributed by atoms with van der Waals surface area (Å²) in [6.07, 6.45) is 5.45. The van der Waals surface area contributed by atoms with Crippen molar-refractivity contribution in [2.75, 3.05) is 0 Å². The molecule has 0 saturated heterocycles. The Hall–Kier alpha value is -5.28. The van der Waals surface area contributed by atoms with E-state index in [1.165, 1.54) is 50.1 Å². The third-order valence-electron chi connectivity index (χ3n) is 9.65. The van der Waals surface area contributed by atoms with E-state index in [0.29, 0.717) is 0 Å². The Balaban J connectivity index is 0.000000194. The first-order valence-corrected chi connectivity index (χ1v) is 19.0. The number of hydrogen-bond donors (Lipinski definition) is 0. The normalized spacial score (nSPS) is 9.85. The van der Waals surface area contributed by atoms with Gasteiger partial charge in [-0.05, 0) is 60.3 Å². The number of nitrogens with zero attached hydrogens (tertiary/aromatic N) is 3. The summed E-state index contributed by atoms with van der Waals surface area (Å²) in [7, 11) is 0. The molecule has 6 heteroatoms. The average molecular weight is 1310 g/mol. The van der Waals surface area contributed by atoms with Gasteiger partial charge in [0, 0.05) is 78.9 Å². The molecule has 0 aliphatic rings. The van der Waals surface area contributed by atoms with E-state index in [9.17, 15) is 0 Å². The molecule has 9 rings (SSSR count). The third-order valence-corrected chi connectivity index (χ3v) is 9.65. The average Bonchev–Trinajstić information content (AvgIpc) is 3.29. The SMILES string of the molecule is Cc1c(-c2ccccn2)[c-]ccc1-c1ccccc1.Cc1ccccc1-c1c[c-]c(-c2ccccn2)cc1.Cc1cccnc1-c1[c-]ccc(-c2ccccc2)c1.[Ir].[Ir].[Ir]. The van der Waals surface area contributed by atoms with Gasteiger partial charge in [0.05, 0.1) is 0 Å². The molecule has 60 heavy (non-hydrogen) atoms. The first-order chi connectivity index (χ1) is 28.0. The molecule has 303 valence electrons. The second kappa shape index (κ2) is 24.1. The van der Waals surface area contributed by atoms with Gasteiger partial charge in [0.2, 0.25) is 0 Å². The molecule has 0 amide bonds. The summed E-state index contributed by atoms with van der Waals surface area (Å²) in [5, 5.41) is 0. The zero-order valence-corrected chi connectivity index (χ0v) is 40.6. The number of aryl methyl sites for hydroxylation is 2. The van der Waals surface area contributed by atoms with Gasteiger partial charge in [-0.2, -0.15) is 0 Å². The minimum absolute atomic E-state index is 0. The number of benzene rings is 6. The van der Waals surface area contributed by atoms with E-state index in [0.717, 1.165) is 33.8 Å². The minimum Gasteiger partial charge on any atom is -0.305 e. The Kier molecular flexibility index (Phi) is 19.0. The van der Waals surface area contributed by atoms with Crippen LogP contribution in [0.4, 0.5) is 0 Å². The van der Waals surface area contributed by atoms with Gasteiger partial charge < -0.3 is 15.0 Å². The molecule has 0 saturated carbocycles. The topological polar surface area (TPSA) is 38.7 Å². The largest absolute Gasteiger partial charge is 0.305 e. The molecule has 0 atom stereocenters. The molecule has 6 aromatic carbocycles. The van der Waals surface area contributed by atoms with E-state index in [4.69, 9.17) is 0 Å². The molecule has 0 aliphatic heterocycles. The number of aromatic nitrogens is 3. The van der Waals surface area contributed by atoms with E-state index >= 15 is 0 Å². The van der Waals surface area contributed by atoms with Gasteiger partial charge >= 0.3 is 0 Å². The van der Waals surface area contributed by atoms with Crippen molar-refractivity contribution in [2.24, 2.45) is 0 Å². The molecule has 0 bridgehead atoms. The second-order valence-corrected chi connectivity index (χ2v) is 13.5. The van der Waals surface area contributed by atoms with Gasteiger partial charge in [-0.15, -0.1) is 94.5 Å². The summed E-state index contributed by atoms with van der Waals surface area (Å²) >= 11 is 0. The van der Waals surface area contributed by atoms with E-state index in [-0.39, 0.29) is 60.3 Å². The fourth-order valence-electron chi connectivity index (χ4n) is 6.63. The summed E-state index contributed by atoms with van der Waals surface area (Å²) in [6, 6.07) is 71.5. The van der Waals surface area contributed by atoms with Crippen molar-refractivity contribution in [3.8, 4) is 67.2 Å². The maximum Gasteiger partial charge on any atom is 0.0160 e. The predicted molar refractivity (Wildman–Crippen MR) is 236 cm³/mol. The molecule has 0 aliphatic carbocycles. The fourth-order valence-corrected chi connectivity index (χ4v) is 6.63. The summed E-state index contributed by atoms with van der Waals surface area (Å²) < 4.78 is 0. The van der Waals surface area contributed by atoms with Crippen molar-refractivity contribution in [3.63, 3.8) is 0 Å². The van der Waals surface area contributed by atoms with Crippen LogP contribution in [0.2, 0.25) is 0 Å². The van der Waals surface area contributed by atoms with Crippen molar-refractivity contribution in [2.45, 2.75) is 20.8 Å². The van der Waals surface area contributed by atoms with Crippen LogP contribution in [0.5, 0.6) is 0 Å². The van der Waals surface area contributed by atoms with Gasteiger partial charge in [-0.3, -0.25) is 0 Å². The quantitative estimate of drug-likeness (QED) is 0.156. The van der Waals surface area contributed by atoms with Gasteiger partial charge in [0.1, 0.15) is 0 Å². The molecule has 0 N–H and O–H groups in total. The molecule has 3 nitrogen and oxygen atoms in total. The monoisotopic (exact) mass is 1310 g/mol. The molecular weight excluding hydrogens is 1270 g/mol. The standard InChI is InChI=1S/3C18H14N.3Ir/c1-14-6-2-3-7-17(14)15-9-11-16(12-10-15)18-8-4-5-13-19-18;1-14-7-6-12-19-18(14)17-11-5-10-16(13-17)15-8-3-2-4-9-15;1-14-16(15-8-3-2-4-9-15)10-7-11-17(14)18-12-5-6-13-19-18;;;/h2-11,13H,1H3;2*2-10,12-13H,1H3;;;/q3*-1;;;. The maximum atomic E-state index is 4.45. The summed E-state index contributed by atoms with van der Waals surface area (Å²) in [4.78, 5) is 13.2. The molecular formula is C54H42Ir3N3-3. The van der Waals surface area contributed by atoms with Crippen LogP contribution in [0.15, 0.2) is 201 Å². The number of rotatable bonds is 6. The van der Waals surface area contributed by atoms with Crippen LogP contribution in [-0.2, 0) is 60.3 Å². The Morgan fingerprint density at radius 3 is 1.62 bits per heavy atom. The Morgan fingerprint density at radius 1 is 0.383 bits per heavy atom. The van der Waals surface area contributed by atoms with E-state index in [2.05, 4.69) is 163 Å². The first-order valence-electron chi connectivity index (χ1n) is 19.0. The summed E-state index contributed by atoms with van der Waals surface area (Å²) in [5.41, 5.74) is 17.1. The Morgan fingerprint density at radius 2 is 0.983 bits per heavy atom. The van der Waals surface area contributed by atoms with Crippen LogP contribution < -0.4 is 0 Å². The molecule has 3 aromatic heterocycles. The number of hydrogen-bond acceptors (Lipinski definition) is 3. The molecule has 0 spiro atoms. The predicted octanol–water partition coefficient (Wildman–Crippen LogP) is 13.6. The van der Waals surface area contributed by atoms with Crippen molar-refractivity contribution < 1.29 is 60.3 Å². The van der Waals surface area contributed by atoms with Crippen LogP contribution >= 0.6 is 0 Å². The molecule has 3 radical (unpaired) electrons. The minimum atomic E-state index is 0. The van der Waals surface area contributed by atoms with Crippen molar-refractivity contribution in [1.29, 1.82) is 0 Å². The van der Waals surface area contributed by atoms with Crippen molar-refractivity contribution in [3.05, 3.63) is 235 Å². The van der Waals surface area contributed by atoms with Gasteiger partial charge in [0.25, 0.3) is 0 Å². The summed E-state index contributed by atoms with van der Waals surface area (Å²) in [5.74, 6) is 0. The van der Waals surface area contributed by atoms with Gasteiger partial charge in [0.15, 0.2) is 0 Å². The molecule has 3 heterocycles. The maximum absolute atomic E-state index is 4.45. The first kappa shape index (κ1) is 47.4. The zero-order valence-electron chi connectivity index (χ0n) is 33.4. The van der Waals surface area contributed by atoms with E-state index < -0.39 is 0 Å². The molecule has 0 unspecified atom stereocenters. The van der Waals surface area contributed by atoms with Crippen LogP contribution in [0.25, 0.3) is 67.2 Å². The second-order valence-electron chi connectivity index (χ2n) is 13.5. The van der Waals surface area contributed by atoms with Crippen molar-refractivity contribution in [1.82, 2.24) is 15.0 Å². The van der Waals surface area contributed by atoms with Crippen LogP contribution in [-0.4, -0.2) is 15.0 Å². The van der Waals surface area contributed by atoms with Crippen LogP contribution in [0.1, 0.15) is 16.7 Å². The number of pyridine rings is 3. The van der Waals surface area contributed by atoms with Crippen LogP contribution in [0, 0.1) is 39.0 Å². The van der Waals surface area contributed by atoms with Crippen LogP contribution in [0.3, 0.4) is 0 Å². The summed E-state index contributed by atoms with van der Waals surface area (Å²) in [6.45, 7) is 6.33. The molecule has 9 aromatic rings. The third kappa shape index (κ3) is 12.4. The molecule has 0 fully saturated rings. The zero-order chi connectivity index (χ0) is 39.2. The van der Waals surface area contributed by atoms with Gasteiger partial charge in [-0.1, -0.05) is 150 Å².